The van der Waals surface area contributed by atoms with Crippen molar-refractivity contribution in [3.05, 3.63) is 0 Å². The fourth-order valence-electron chi connectivity index (χ4n) is 3.16. The van der Waals surface area contributed by atoms with Gasteiger partial charge in [0.15, 0.2) is 0 Å². The number of carbonyl (C=O) groups excluding carboxylic acids is 1. The molecule has 2 rings (SSSR count). The Balaban J connectivity index is 1.80. The number of nitrogens with one attached hydrogen (secondary N) is 1. The summed E-state index contributed by atoms with van der Waals surface area (Å²) in [6, 6.07) is -0.412. The first-order chi connectivity index (χ1) is 9.76. The Kier molecular flexibility index (Phi) is 4.76. The van der Waals surface area contributed by atoms with E-state index in [1.165, 1.54) is 0 Å². The fourth-order valence-corrected chi connectivity index (χ4v) is 3.16. The van der Waals surface area contributed by atoms with Gasteiger partial charge in [0.1, 0.15) is 11.6 Å². The van der Waals surface area contributed by atoms with Gasteiger partial charge in [0.25, 0.3) is 0 Å². The largest absolute Gasteiger partial charge is 0.480 e. The Hall–Kier alpha value is -1.30. The van der Waals surface area contributed by atoms with E-state index in [-0.39, 0.29) is 6.09 Å². The van der Waals surface area contributed by atoms with E-state index in [2.05, 4.69) is 5.32 Å². The fraction of sp³-hybridized carbons (Fsp3) is 0.867. The monoisotopic (exact) mass is 298 g/mol. The molecule has 1 amide bonds. The molecule has 0 aromatic carbocycles. The van der Waals surface area contributed by atoms with Gasteiger partial charge in [-0.05, 0) is 58.4 Å². The minimum absolute atomic E-state index is 0.239. The smallest absolute Gasteiger partial charge is 0.410 e. The average Bonchev–Trinajstić information content (AvgIpc) is 2.86. The van der Waals surface area contributed by atoms with Gasteiger partial charge in [-0.3, -0.25) is 4.79 Å². The summed E-state index contributed by atoms with van der Waals surface area (Å²) in [6.07, 6.45) is 2.32. The van der Waals surface area contributed by atoms with Crippen LogP contribution in [0, 0.1) is 11.8 Å². The summed E-state index contributed by atoms with van der Waals surface area (Å²) in [5.41, 5.74) is -0.462. The van der Waals surface area contributed by atoms with Crippen molar-refractivity contribution >= 4 is 12.1 Å². The molecule has 0 radical (unpaired) electrons. The second kappa shape index (κ2) is 6.22. The van der Waals surface area contributed by atoms with Crippen LogP contribution in [0.25, 0.3) is 0 Å². The molecule has 0 aromatic rings. The van der Waals surface area contributed by atoms with Gasteiger partial charge < -0.3 is 20.1 Å². The van der Waals surface area contributed by atoms with Crippen LogP contribution in [0.2, 0.25) is 0 Å². The highest BCUT2D eigenvalue weighted by Gasteiger charge is 2.36. The quantitative estimate of drug-likeness (QED) is 0.811. The zero-order chi connectivity index (χ0) is 15.6. The summed E-state index contributed by atoms with van der Waals surface area (Å²) < 4.78 is 5.40. The van der Waals surface area contributed by atoms with Gasteiger partial charge >= 0.3 is 12.1 Å². The summed E-state index contributed by atoms with van der Waals surface area (Å²) in [5.74, 6) is 0.128. The normalized spacial score (nSPS) is 30.2. The van der Waals surface area contributed by atoms with Crippen molar-refractivity contribution < 1.29 is 19.4 Å². The lowest BCUT2D eigenvalue weighted by molar-refractivity contribution is -0.140. The standard InChI is InChI=1S/C15H26N2O4/c1-15(2,3)21-14(20)17-7-6-11(9-17)10-4-5-12(13(18)19)16-8-10/h10-12,16H,4-9H2,1-3H3,(H,18,19). The first-order valence-corrected chi connectivity index (χ1v) is 7.70. The van der Waals surface area contributed by atoms with E-state index in [9.17, 15) is 9.59 Å². The third-order valence-electron chi connectivity index (χ3n) is 4.29. The Bertz CT molecular complexity index is 397. The topological polar surface area (TPSA) is 78.9 Å². The van der Waals surface area contributed by atoms with Crippen molar-refractivity contribution in [1.82, 2.24) is 10.2 Å². The molecule has 0 spiro atoms. The number of likely N-dealkylation sites (tertiary alicyclic amines) is 1. The van der Waals surface area contributed by atoms with Crippen LogP contribution < -0.4 is 5.32 Å². The second-order valence-electron chi connectivity index (χ2n) is 7.11. The summed E-state index contributed by atoms with van der Waals surface area (Å²) in [6.45, 7) is 7.79. The van der Waals surface area contributed by atoms with E-state index in [1.807, 2.05) is 20.8 Å². The number of ether oxygens (including phenoxy) is 1. The van der Waals surface area contributed by atoms with Crippen molar-refractivity contribution in [1.29, 1.82) is 0 Å². The van der Waals surface area contributed by atoms with Gasteiger partial charge in [-0.2, -0.15) is 0 Å². The number of carboxylic acids is 1. The van der Waals surface area contributed by atoms with E-state index >= 15 is 0 Å². The van der Waals surface area contributed by atoms with Gasteiger partial charge in [-0.1, -0.05) is 0 Å². The lowest BCUT2D eigenvalue weighted by atomic mass is 9.83. The average molecular weight is 298 g/mol. The molecule has 0 bridgehead atoms. The third kappa shape index (κ3) is 4.33. The zero-order valence-corrected chi connectivity index (χ0v) is 13.1. The molecule has 3 atom stereocenters. The van der Waals surface area contributed by atoms with E-state index in [1.54, 1.807) is 4.90 Å². The van der Waals surface area contributed by atoms with E-state index < -0.39 is 17.6 Å². The molecule has 6 heteroatoms. The molecule has 2 aliphatic heterocycles. The number of hydrogen-bond donors (Lipinski definition) is 2. The van der Waals surface area contributed by atoms with Crippen LogP contribution >= 0.6 is 0 Å². The molecule has 21 heavy (non-hydrogen) atoms. The van der Waals surface area contributed by atoms with Crippen molar-refractivity contribution in [3.8, 4) is 0 Å². The van der Waals surface area contributed by atoms with Gasteiger partial charge in [-0.15, -0.1) is 0 Å². The summed E-state index contributed by atoms with van der Waals surface area (Å²) >= 11 is 0. The van der Waals surface area contributed by atoms with Gasteiger partial charge in [0, 0.05) is 13.1 Å². The zero-order valence-electron chi connectivity index (χ0n) is 13.1. The Labute approximate surface area is 125 Å². The third-order valence-corrected chi connectivity index (χ3v) is 4.29. The van der Waals surface area contributed by atoms with Crippen molar-refractivity contribution in [3.63, 3.8) is 0 Å². The minimum atomic E-state index is -0.768. The number of piperidine rings is 1. The van der Waals surface area contributed by atoms with E-state index in [0.717, 1.165) is 32.5 Å². The van der Waals surface area contributed by atoms with Crippen LogP contribution in [0.1, 0.15) is 40.0 Å². The predicted octanol–water partition coefficient (Wildman–Crippen LogP) is 1.70. The highest BCUT2D eigenvalue weighted by molar-refractivity contribution is 5.73. The summed E-state index contributed by atoms with van der Waals surface area (Å²) in [5, 5.41) is 12.1. The highest BCUT2D eigenvalue weighted by atomic mass is 16.6. The SMILES string of the molecule is CC(C)(C)OC(=O)N1CCC(C2CCC(C(=O)O)NC2)C1. The molecule has 0 aliphatic carbocycles. The molecule has 6 nitrogen and oxygen atoms in total. The summed E-state index contributed by atoms with van der Waals surface area (Å²) in [7, 11) is 0. The van der Waals surface area contributed by atoms with Crippen molar-refractivity contribution in [2.75, 3.05) is 19.6 Å². The number of nitrogens with zero attached hydrogens (tertiary/aromatic N) is 1. The van der Waals surface area contributed by atoms with Crippen LogP contribution in [-0.4, -0.2) is 53.3 Å². The van der Waals surface area contributed by atoms with Crippen LogP contribution in [0.3, 0.4) is 0 Å². The molecule has 3 unspecified atom stereocenters. The summed E-state index contributed by atoms with van der Waals surface area (Å²) in [4.78, 5) is 24.7. The number of carbonyl (C=O) groups is 2. The first-order valence-electron chi connectivity index (χ1n) is 7.70. The number of rotatable bonds is 2. The molecule has 2 aliphatic rings. The van der Waals surface area contributed by atoms with Crippen molar-refractivity contribution in [2.24, 2.45) is 11.8 Å². The number of hydrogen-bond acceptors (Lipinski definition) is 4. The second-order valence-corrected chi connectivity index (χ2v) is 7.11. The maximum atomic E-state index is 12.0. The van der Waals surface area contributed by atoms with Crippen LogP contribution in [0.4, 0.5) is 4.79 Å². The molecular formula is C15H26N2O4. The molecule has 2 saturated heterocycles. The van der Waals surface area contributed by atoms with Crippen LogP contribution in [0.5, 0.6) is 0 Å². The minimum Gasteiger partial charge on any atom is -0.480 e. The molecule has 120 valence electrons. The van der Waals surface area contributed by atoms with E-state index in [0.29, 0.717) is 18.3 Å². The Morgan fingerprint density at radius 3 is 2.43 bits per heavy atom. The lowest BCUT2D eigenvalue weighted by Gasteiger charge is -2.31. The first kappa shape index (κ1) is 16.1. The Morgan fingerprint density at radius 2 is 1.90 bits per heavy atom. The van der Waals surface area contributed by atoms with Gasteiger partial charge in [0.2, 0.25) is 0 Å². The van der Waals surface area contributed by atoms with Gasteiger partial charge in [0.05, 0.1) is 0 Å². The maximum absolute atomic E-state index is 12.0. The molecule has 2 fully saturated rings. The lowest BCUT2D eigenvalue weighted by Crippen LogP contribution is -2.46. The van der Waals surface area contributed by atoms with Gasteiger partial charge in [-0.25, -0.2) is 4.79 Å². The number of amides is 1. The number of carboxylic acid groups (broad SMARTS) is 1. The molecule has 2 N–H and O–H groups in total. The highest BCUT2D eigenvalue weighted by Crippen LogP contribution is 2.30. The van der Waals surface area contributed by atoms with Crippen molar-refractivity contribution in [2.45, 2.75) is 51.7 Å². The molecule has 0 saturated carbocycles. The van der Waals surface area contributed by atoms with E-state index in [4.69, 9.17) is 9.84 Å². The Morgan fingerprint density at radius 1 is 1.19 bits per heavy atom. The molecular weight excluding hydrogens is 272 g/mol. The predicted molar refractivity (Wildman–Crippen MR) is 78.1 cm³/mol. The van der Waals surface area contributed by atoms with Crippen LogP contribution in [-0.2, 0) is 9.53 Å². The number of aliphatic carboxylic acids is 1. The molecule has 0 aromatic heterocycles. The molecule has 2 heterocycles. The van der Waals surface area contributed by atoms with Crippen LogP contribution in [0.15, 0.2) is 0 Å². The maximum Gasteiger partial charge on any atom is 0.410 e.